The van der Waals surface area contributed by atoms with Gasteiger partial charge in [0.25, 0.3) is 0 Å². The van der Waals surface area contributed by atoms with Gasteiger partial charge in [-0.1, -0.05) is 19.4 Å². The molecule has 2 aliphatic heterocycles. The van der Waals surface area contributed by atoms with Crippen molar-refractivity contribution in [1.29, 1.82) is 0 Å². The van der Waals surface area contributed by atoms with E-state index in [1.165, 1.54) is 12.5 Å². The summed E-state index contributed by atoms with van der Waals surface area (Å²) in [4.78, 5) is 11.6. The molecule has 22 heavy (non-hydrogen) atoms. The molecule has 4 aliphatic rings. The number of ether oxygens (including phenoxy) is 3. The van der Waals surface area contributed by atoms with Crippen LogP contribution in [0.4, 0.5) is 0 Å². The van der Waals surface area contributed by atoms with Crippen LogP contribution in [0.25, 0.3) is 0 Å². The van der Waals surface area contributed by atoms with Crippen LogP contribution in [0.15, 0.2) is 11.6 Å². The van der Waals surface area contributed by atoms with Gasteiger partial charge in [-0.15, -0.1) is 0 Å². The number of carbonyl (C=O) groups is 1. The summed E-state index contributed by atoms with van der Waals surface area (Å²) in [5.41, 5.74) is -0.320. The third-order valence-electron chi connectivity index (χ3n) is 7.04. The average molecular weight is 308 g/mol. The van der Waals surface area contributed by atoms with Crippen molar-refractivity contribution >= 4 is 5.97 Å². The van der Waals surface area contributed by atoms with E-state index in [4.69, 9.17) is 14.2 Å². The van der Waals surface area contributed by atoms with Gasteiger partial charge >= 0.3 is 5.97 Å². The molecule has 1 N–H and O–H groups in total. The van der Waals surface area contributed by atoms with Crippen molar-refractivity contribution in [1.82, 2.24) is 0 Å². The molecule has 0 aromatic carbocycles. The summed E-state index contributed by atoms with van der Waals surface area (Å²) in [5.74, 6) is -1.09. The van der Waals surface area contributed by atoms with E-state index in [0.717, 1.165) is 12.8 Å². The Morgan fingerprint density at radius 1 is 1.50 bits per heavy atom. The Kier molecular flexibility index (Phi) is 2.63. The lowest BCUT2D eigenvalue weighted by Crippen LogP contribution is -2.62. The lowest BCUT2D eigenvalue weighted by molar-refractivity contribution is -0.206. The average Bonchev–Trinajstić information content (AvgIpc) is 2.90. The van der Waals surface area contributed by atoms with Crippen LogP contribution >= 0.6 is 0 Å². The zero-order valence-electron chi connectivity index (χ0n) is 13.6. The van der Waals surface area contributed by atoms with Crippen LogP contribution in [0, 0.1) is 10.8 Å². The molecule has 0 aromatic rings. The minimum atomic E-state index is -0.799. The van der Waals surface area contributed by atoms with Crippen molar-refractivity contribution in [2.45, 2.75) is 70.6 Å². The lowest BCUT2D eigenvalue weighted by atomic mass is 9.52. The maximum atomic E-state index is 11.6. The molecule has 6 atom stereocenters. The number of hydrogen-bond donors (Lipinski definition) is 1. The Hall–Kier alpha value is -0.910. The fourth-order valence-corrected chi connectivity index (χ4v) is 5.64. The van der Waals surface area contributed by atoms with Gasteiger partial charge in [0.05, 0.1) is 12.7 Å². The molecule has 2 saturated heterocycles. The van der Waals surface area contributed by atoms with E-state index in [-0.39, 0.29) is 30.2 Å². The minimum Gasteiger partial charge on any atom is -0.462 e. The molecular formula is C17H24O5. The molecule has 5 nitrogen and oxygen atoms in total. The van der Waals surface area contributed by atoms with Gasteiger partial charge in [0.1, 0.15) is 11.7 Å². The topological polar surface area (TPSA) is 65.0 Å². The number of esters is 1. The normalized spacial score (nSPS) is 55.0. The van der Waals surface area contributed by atoms with E-state index in [1.807, 2.05) is 0 Å². The van der Waals surface area contributed by atoms with E-state index in [9.17, 15) is 9.90 Å². The van der Waals surface area contributed by atoms with Crippen molar-refractivity contribution < 1.29 is 24.1 Å². The molecule has 122 valence electrons. The maximum absolute atomic E-state index is 11.6. The third kappa shape index (κ3) is 1.24. The molecule has 2 heterocycles. The van der Waals surface area contributed by atoms with Gasteiger partial charge < -0.3 is 19.3 Å². The van der Waals surface area contributed by atoms with E-state index in [1.54, 1.807) is 0 Å². The molecule has 0 amide bonds. The first-order valence-corrected chi connectivity index (χ1v) is 8.09. The summed E-state index contributed by atoms with van der Waals surface area (Å²) >= 11 is 0. The van der Waals surface area contributed by atoms with Crippen molar-refractivity contribution in [3.8, 4) is 0 Å². The van der Waals surface area contributed by atoms with Gasteiger partial charge in [0.2, 0.25) is 0 Å². The van der Waals surface area contributed by atoms with Gasteiger partial charge in [-0.2, -0.15) is 0 Å². The molecule has 2 aliphatic carbocycles. The first-order chi connectivity index (χ1) is 10.2. The van der Waals surface area contributed by atoms with Gasteiger partial charge in [0, 0.05) is 24.2 Å². The Morgan fingerprint density at radius 2 is 2.23 bits per heavy atom. The zero-order chi connectivity index (χ0) is 16.0. The maximum Gasteiger partial charge on any atom is 0.302 e. The monoisotopic (exact) mass is 308 g/mol. The Morgan fingerprint density at radius 3 is 2.86 bits per heavy atom. The van der Waals surface area contributed by atoms with Gasteiger partial charge in [-0.25, -0.2) is 0 Å². The van der Waals surface area contributed by atoms with E-state index in [0.29, 0.717) is 6.42 Å². The fourth-order valence-electron chi connectivity index (χ4n) is 5.64. The summed E-state index contributed by atoms with van der Waals surface area (Å²) in [6.07, 6.45) is 4.02. The molecule has 0 aromatic heterocycles. The summed E-state index contributed by atoms with van der Waals surface area (Å²) in [6.45, 7) is 7.68. The molecule has 1 saturated carbocycles. The number of rotatable bonds is 2. The van der Waals surface area contributed by atoms with Crippen LogP contribution < -0.4 is 0 Å². The molecule has 1 spiro atoms. The number of hydrogen-bond acceptors (Lipinski definition) is 5. The molecule has 2 bridgehead atoms. The third-order valence-corrected chi connectivity index (χ3v) is 7.04. The summed E-state index contributed by atoms with van der Waals surface area (Å²) in [5, 5.41) is 10.2. The van der Waals surface area contributed by atoms with Crippen LogP contribution in [0.2, 0.25) is 0 Å². The summed E-state index contributed by atoms with van der Waals surface area (Å²) in [7, 11) is 0. The van der Waals surface area contributed by atoms with Gasteiger partial charge in [-0.05, 0) is 25.8 Å². The molecule has 0 unspecified atom stereocenters. The van der Waals surface area contributed by atoms with E-state index < -0.39 is 16.8 Å². The van der Waals surface area contributed by atoms with Crippen molar-refractivity contribution in [2.24, 2.45) is 10.8 Å². The predicted octanol–water partition coefficient (Wildman–Crippen LogP) is 1.93. The number of aliphatic hydroxyl groups is 1. The van der Waals surface area contributed by atoms with E-state index >= 15 is 0 Å². The van der Waals surface area contributed by atoms with Crippen molar-refractivity contribution in [3.05, 3.63) is 11.6 Å². The lowest BCUT2D eigenvalue weighted by Gasteiger charge is -2.54. The standard InChI is InChI=1S/C17H24O5/c1-10-5-6-14(3)15(4)12(20-11(2)19)7-13-16(15,9-18)22-17(14,8-10)21-13/h8,12-13,18H,5-7,9H2,1-4H3/t12-,13-,14-,15-,16-,17-/m1/s1. The summed E-state index contributed by atoms with van der Waals surface area (Å²) < 4.78 is 18.4. The first kappa shape index (κ1) is 14.7. The highest BCUT2D eigenvalue weighted by Gasteiger charge is 2.88. The van der Waals surface area contributed by atoms with Crippen LogP contribution in [-0.2, 0) is 19.0 Å². The molecule has 0 radical (unpaired) electrons. The molecular weight excluding hydrogens is 284 g/mol. The van der Waals surface area contributed by atoms with Crippen LogP contribution in [0.3, 0.4) is 0 Å². The largest absolute Gasteiger partial charge is 0.462 e. The van der Waals surface area contributed by atoms with Crippen molar-refractivity contribution in [2.75, 3.05) is 6.61 Å². The number of allylic oxidation sites excluding steroid dienone is 1. The quantitative estimate of drug-likeness (QED) is 0.624. The highest BCUT2D eigenvalue weighted by molar-refractivity contribution is 5.66. The fraction of sp³-hybridized carbons (Fsp3) is 0.824. The van der Waals surface area contributed by atoms with Gasteiger partial charge in [-0.3, -0.25) is 4.79 Å². The SMILES string of the molecule is CC(=O)O[C@@H]1C[C@H]2O[C@@]34C=C(C)CC[C@]3(C)[C@]1(C)[C@]2(CO)O4. The Balaban J connectivity index is 1.91. The summed E-state index contributed by atoms with van der Waals surface area (Å²) in [6, 6.07) is 0. The highest BCUT2D eigenvalue weighted by atomic mass is 16.8. The second-order valence-corrected chi connectivity index (χ2v) is 7.78. The van der Waals surface area contributed by atoms with Crippen LogP contribution in [-0.4, -0.2) is 41.3 Å². The number of carbonyl (C=O) groups excluding carboxylic acids is 1. The van der Waals surface area contributed by atoms with E-state index in [2.05, 4.69) is 26.8 Å². The van der Waals surface area contributed by atoms with Gasteiger partial charge in [0.15, 0.2) is 5.79 Å². The first-order valence-electron chi connectivity index (χ1n) is 8.09. The Bertz CT molecular complexity index is 586. The number of aliphatic hydroxyl groups excluding tert-OH is 1. The smallest absolute Gasteiger partial charge is 0.302 e. The molecule has 3 fully saturated rings. The minimum absolute atomic E-state index is 0.115. The van der Waals surface area contributed by atoms with Crippen molar-refractivity contribution in [3.63, 3.8) is 0 Å². The van der Waals surface area contributed by atoms with Crippen LogP contribution in [0.1, 0.15) is 47.0 Å². The Labute approximate surface area is 130 Å². The predicted molar refractivity (Wildman–Crippen MR) is 77.9 cm³/mol. The van der Waals surface area contributed by atoms with Crippen LogP contribution in [0.5, 0.6) is 0 Å². The zero-order valence-corrected chi connectivity index (χ0v) is 13.6. The second kappa shape index (κ2) is 3.94. The molecule has 4 rings (SSSR count). The molecule has 5 heteroatoms. The highest BCUT2D eigenvalue weighted by Crippen LogP contribution is 2.77. The number of fused-ring (bicyclic) bond motifs is 1. The second-order valence-electron chi connectivity index (χ2n) is 7.78.